The molecule has 1 unspecified atom stereocenters. The number of carboxylic acids is 1. The average Bonchev–Trinajstić information content (AvgIpc) is 2.65. The summed E-state index contributed by atoms with van der Waals surface area (Å²) < 4.78 is 6.02. The third-order valence-electron chi connectivity index (χ3n) is 6.36. The average molecular weight is 384 g/mol. The van der Waals surface area contributed by atoms with E-state index in [2.05, 4.69) is 23.9 Å². The predicted molar refractivity (Wildman–Crippen MR) is 107 cm³/mol. The van der Waals surface area contributed by atoms with E-state index in [1.54, 1.807) is 12.3 Å². The van der Waals surface area contributed by atoms with E-state index in [1.807, 2.05) is 12.1 Å². The fourth-order valence-electron chi connectivity index (χ4n) is 4.72. The van der Waals surface area contributed by atoms with Crippen LogP contribution in [0.25, 0.3) is 0 Å². The summed E-state index contributed by atoms with van der Waals surface area (Å²) in [5, 5.41) is 19.2. The molecule has 28 heavy (non-hydrogen) atoms. The first-order valence-corrected chi connectivity index (χ1v) is 9.22. The molecule has 1 aliphatic heterocycles. The van der Waals surface area contributed by atoms with Gasteiger partial charge in [-0.05, 0) is 55.8 Å². The molecular weight excluding hydrogens is 356 g/mol. The molecule has 1 aromatic heterocycles. The minimum Gasteiger partial charge on any atom is -0.508 e. The number of rotatable bonds is 4. The molecule has 2 heterocycles. The summed E-state index contributed by atoms with van der Waals surface area (Å²) in [5.74, 6) is -0.0102. The number of likely N-dealkylation sites (tertiary alicyclic amines) is 1. The number of phenols is 1. The van der Waals surface area contributed by atoms with E-state index in [0.29, 0.717) is 24.1 Å². The zero-order valence-electron chi connectivity index (χ0n) is 15.6. The number of likely N-dealkylation sites (N-methyl/N-ethyl adjacent to an activating group) is 1. The van der Waals surface area contributed by atoms with Gasteiger partial charge < -0.3 is 19.8 Å². The maximum Gasteiger partial charge on any atom is 0.337 e. The monoisotopic (exact) mass is 384 g/mol. The Hall–Kier alpha value is -2.60. The Kier molecular flexibility index (Phi) is 5.35. The number of hydrogen-bond acceptors (Lipinski definition) is 5. The number of hydrogen-bond donors (Lipinski definition) is 2. The van der Waals surface area contributed by atoms with Crippen molar-refractivity contribution in [2.75, 3.05) is 20.2 Å². The van der Waals surface area contributed by atoms with Gasteiger partial charge in [-0.25, -0.2) is 4.79 Å². The molecule has 150 valence electrons. The number of nitrogens with zero attached hydrogens (tertiary/aromatic N) is 2. The minimum atomic E-state index is -1.02. The number of phenolic OH excluding ortho intramolecular Hbond substituents is 1. The maximum atomic E-state index is 11.2. The van der Waals surface area contributed by atoms with Gasteiger partial charge in [0.2, 0.25) is 0 Å². The minimum absolute atomic E-state index is 0. The summed E-state index contributed by atoms with van der Waals surface area (Å²) in [7, 11) is 2.15. The van der Waals surface area contributed by atoms with Crippen LogP contribution in [-0.4, -0.2) is 52.3 Å². The molecule has 0 spiro atoms. The largest absolute Gasteiger partial charge is 0.508 e. The van der Waals surface area contributed by atoms with Crippen molar-refractivity contribution >= 4 is 5.97 Å². The highest BCUT2D eigenvalue weighted by atomic mass is 16.5. The lowest BCUT2D eigenvalue weighted by Gasteiger charge is -2.54. The molecular formula is C22H28N2O4. The Morgan fingerprint density at radius 1 is 1.36 bits per heavy atom. The van der Waals surface area contributed by atoms with Crippen molar-refractivity contribution in [1.82, 2.24) is 9.88 Å². The molecule has 1 aliphatic carbocycles. The van der Waals surface area contributed by atoms with E-state index in [-0.39, 0.29) is 24.3 Å². The number of ether oxygens (including phenoxy) is 1. The Labute approximate surface area is 165 Å². The van der Waals surface area contributed by atoms with Crippen LogP contribution >= 0.6 is 0 Å². The third-order valence-corrected chi connectivity index (χ3v) is 6.36. The Morgan fingerprint density at radius 3 is 2.89 bits per heavy atom. The Balaban J connectivity index is 0.00000225. The topological polar surface area (TPSA) is 82.9 Å². The first-order valence-electron chi connectivity index (χ1n) is 9.22. The van der Waals surface area contributed by atoms with Crippen molar-refractivity contribution in [2.24, 2.45) is 5.92 Å². The molecule has 3 atom stereocenters. The maximum absolute atomic E-state index is 11.2. The fraction of sp³-hybridized carbons (Fsp3) is 0.455. The lowest BCUT2D eigenvalue weighted by atomic mass is 9.58. The summed E-state index contributed by atoms with van der Waals surface area (Å²) in [4.78, 5) is 17.5. The van der Waals surface area contributed by atoms with Gasteiger partial charge in [-0.3, -0.25) is 4.98 Å². The summed E-state index contributed by atoms with van der Waals surface area (Å²) >= 11 is 0. The first kappa shape index (κ1) is 20.1. The molecule has 1 aromatic carbocycles. The summed E-state index contributed by atoms with van der Waals surface area (Å²) in [6.07, 6.45) is 4.77. The van der Waals surface area contributed by atoms with E-state index in [1.165, 1.54) is 23.4 Å². The number of aromatic hydroxyl groups is 1. The van der Waals surface area contributed by atoms with Gasteiger partial charge in [0.15, 0.2) is 0 Å². The molecule has 2 bridgehead atoms. The van der Waals surface area contributed by atoms with Crippen molar-refractivity contribution in [3.63, 3.8) is 0 Å². The second kappa shape index (κ2) is 7.43. The van der Waals surface area contributed by atoms with E-state index < -0.39 is 5.97 Å². The van der Waals surface area contributed by atoms with Gasteiger partial charge in [0, 0.05) is 23.6 Å². The molecule has 0 radical (unpaired) electrons. The summed E-state index contributed by atoms with van der Waals surface area (Å²) in [6, 6.07) is 7.55. The number of benzene rings is 1. The van der Waals surface area contributed by atoms with Crippen LogP contribution in [0.4, 0.5) is 0 Å². The van der Waals surface area contributed by atoms with Crippen LogP contribution < -0.4 is 4.74 Å². The molecule has 6 nitrogen and oxygen atoms in total. The zero-order chi connectivity index (χ0) is 19.2. The normalized spacial score (nSPS) is 26.1. The zero-order valence-corrected chi connectivity index (χ0v) is 15.6. The molecule has 0 saturated carbocycles. The molecule has 4 rings (SSSR count). The highest BCUT2D eigenvalue weighted by Gasteiger charge is 2.50. The van der Waals surface area contributed by atoms with Crippen LogP contribution in [0.15, 0.2) is 36.7 Å². The molecule has 2 aliphatic rings. The second-order valence-corrected chi connectivity index (χ2v) is 7.89. The lowest BCUT2D eigenvalue weighted by molar-refractivity contribution is 0.0117. The third kappa shape index (κ3) is 3.33. The van der Waals surface area contributed by atoms with Crippen molar-refractivity contribution in [1.29, 1.82) is 0 Å². The van der Waals surface area contributed by atoms with Crippen molar-refractivity contribution in [3.8, 4) is 11.5 Å². The second-order valence-electron chi connectivity index (χ2n) is 7.89. The van der Waals surface area contributed by atoms with Gasteiger partial charge in [-0.15, -0.1) is 0 Å². The summed E-state index contributed by atoms with van der Waals surface area (Å²) in [5.41, 5.74) is 2.52. The first-order chi connectivity index (χ1) is 12.9. The van der Waals surface area contributed by atoms with E-state index in [0.717, 1.165) is 19.4 Å². The number of aromatic carboxylic acids is 1. The van der Waals surface area contributed by atoms with Crippen LogP contribution in [0.2, 0.25) is 0 Å². The van der Waals surface area contributed by atoms with Crippen molar-refractivity contribution in [2.45, 2.75) is 38.6 Å². The number of aromatic nitrogens is 1. The van der Waals surface area contributed by atoms with Gasteiger partial charge in [0.1, 0.15) is 11.5 Å². The van der Waals surface area contributed by atoms with Gasteiger partial charge in [-0.1, -0.05) is 20.4 Å². The molecule has 1 fully saturated rings. The van der Waals surface area contributed by atoms with Crippen LogP contribution in [-0.2, 0) is 11.8 Å². The molecule has 0 amide bonds. The Bertz CT molecular complexity index is 885. The number of carboxylic acid groups (broad SMARTS) is 1. The highest BCUT2D eigenvalue weighted by Crippen LogP contribution is 2.49. The number of piperidine rings is 1. The van der Waals surface area contributed by atoms with Crippen LogP contribution in [0.1, 0.15) is 42.3 Å². The smallest absolute Gasteiger partial charge is 0.337 e. The quantitative estimate of drug-likeness (QED) is 0.841. The van der Waals surface area contributed by atoms with Crippen molar-refractivity contribution in [3.05, 3.63) is 53.3 Å². The van der Waals surface area contributed by atoms with E-state index >= 15 is 0 Å². The van der Waals surface area contributed by atoms with Crippen LogP contribution in [0, 0.1) is 5.92 Å². The molecule has 1 saturated heterocycles. The standard InChI is InChI=1S/C21H24N2O4.CH4/c1-21-5-6-23(2)19(8-13-3-4-15(24)9-17(13)21)18(21)12-27-16-7-14(20(25)26)10-22-11-16;/h3-4,7,9-11,18-19,24H,5-6,8,12H2,1-2H3,(H,25,26);1H4/t18-,19?,21+;/m0./s1. The summed E-state index contributed by atoms with van der Waals surface area (Å²) in [6.45, 7) is 3.73. The van der Waals surface area contributed by atoms with Crippen molar-refractivity contribution < 1.29 is 19.7 Å². The van der Waals surface area contributed by atoms with Gasteiger partial charge in [0.05, 0.1) is 18.4 Å². The highest BCUT2D eigenvalue weighted by molar-refractivity contribution is 5.87. The van der Waals surface area contributed by atoms with E-state index in [4.69, 9.17) is 9.84 Å². The van der Waals surface area contributed by atoms with Crippen LogP contribution in [0.3, 0.4) is 0 Å². The van der Waals surface area contributed by atoms with Gasteiger partial charge >= 0.3 is 5.97 Å². The number of fused-ring (bicyclic) bond motifs is 4. The molecule has 2 aromatic rings. The fourth-order valence-corrected chi connectivity index (χ4v) is 4.72. The van der Waals surface area contributed by atoms with Gasteiger partial charge in [-0.2, -0.15) is 0 Å². The van der Waals surface area contributed by atoms with Gasteiger partial charge in [0.25, 0.3) is 0 Å². The number of carbonyl (C=O) groups is 1. The SMILES string of the molecule is C.CN1CC[C@]2(C)c3cc(O)ccc3CC1[C@@H]2COc1cncc(C(=O)O)c1. The molecule has 2 N–H and O–H groups in total. The predicted octanol–water partition coefficient (Wildman–Crippen LogP) is 3.33. The van der Waals surface area contributed by atoms with Crippen LogP contribution in [0.5, 0.6) is 11.5 Å². The van der Waals surface area contributed by atoms with E-state index in [9.17, 15) is 9.90 Å². The lowest BCUT2D eigenvalue weighted by Crippen LogP contribution is -2.59. The molecule has 6 heteroatoms. The number of pyridine rings is 1. The Morgan fingerprint density at radius 2 is 2.14 bits per heavy atom.